The van der Waals surface area contributed by atoms with E-state index in [1.165, 1.54) is 12.1 Å². The second-order valence-corrected chi connectivity index (χ2v) is 2.35. The van der Waals surface area contributed by atoms with Gasteiger partial charge in [0.05, 0.1) is 0 Å². The Morgan fingerprint density at radius 3 is 2.46 bits per heavy atom. The molecule has 0 aromatic heterocycles. The molecule has 13 heavy (non-hydrogen) atoms. The maximum Gasteiger partial charge on any atom is 0.256 e. The number of hydrogen-bond donors (Lipinski definition) is 1. The predicted octanol–water partition coefficient (Wildman–Crippen LogP) is 0.796. The number of nitrogens with one attached hydrogen (secondary N) is 1. The molecule has 0 aliphatic rings. The minimum absolute atomic E-state index is 0. The normalized spacial score (nSPS) is 9.46. The van der Waals surface area contributed by atoms with E-state index < -0.39 is 6.43 Å². The SMILES string of the molecule is O=[NH+]c1ccccc1CC(F)F.[OH-]. The van der Waals surface area contributed by atoms with Gasteiger partial charge in [0.2, 0.25) is 6.43 Å². The van der Waals surface area contributed by atoms with Crippen LogP contribution in [0.25, 0.3) is 0 Å². The summed E-state index contributed by atoms with van der Waals surface area (Å²) in [4.78, 5) is 10.2. The molecule has 1 aromatic carbocycles. The van der Waals surface area contributed by atoms with Gasteiger partial charge in [-0.15, -0.1) is 0 Å². The quantitative estimate of drug-likeness (QED) is 0.764. The molecule has 0 saturated heterocycles. The van der Waals surface area contributed by atoms with Crippen LogP contribution < -0.4 is 5.18 Å². The fraction of sp³-hybridized carbons (Fsp3) is 0.250. The van der Waals surface area contributed by atoms with Crippen molar-refractivity contribution in [2.24, 2.45) is 0 Å². The third-order valence-electron chi connectivity index (χ3n) is 1.50. The highest BCUT2D eigenvalue weighted by Crippen LogP contribution is 2.13. The Kier molecular flexibility index (Phi) is 4.76. The fourth-order valence-electron chi connectivity index (χ4n) is 0.964. The Hall–Kier alpha value is -1.36. The van der Waals surface area contributed by atoms with Crippen LogP contribution in [0.3, 0.4) is 0 Å². The highest BCUT2D eigenvalue weighted by Gasteiger charge is 2.12. The van der Waals surface area contributed by atoms with Crippen LogP contribution >= 0.6 is 0 Å². The third kappa shape index (κ3) is 3.25. The zero-order valence-electron chi connectivity index (χ0n) is 6.71. The van der Waals surface area contributed by atoms with E-state index in [0.717, 1.165) is 0 Å². The molecule has 0 heterocycles. The van der Waals surface area contributed by atoms with Gasteiger partial charge in [-0.3, -0.25) is 0 Å². The average molecular weight is 189 g/mol. The molecular weight excluding hydrogens is 180 g/mol. The van der Waals surface area contributed by atoms with Crippen LogP contribution in [0.1, 0.15) is 5.56 Å². The summed E-state index contributed by atoms with van der Waals surface area (Å²) >= 11 is 0. The Morgan fingerprint density at radius 2 is 1.92 bits per heavy atom. The lowest BCUT2D eigenvalue weighted by Gasteiger charge is -1.97. The van der Waals surface area contributed by atoms with Gasteiger partial charge in [0.1, 0.15) is 0 Å². The Morgan fingerprint density at radius 1 is 1.31 bits per heavy atom. The van der Waals surface area contributed by atoms with E-state index in [0.29, 0.717) is 5.56 Å². The summed E-state index contributed by atoms with van der Waals surface area (Å²) in [5, 5.41) is 1.62. The molecule has 0 aliphatic carbocycles. The summed E-state index contributed by atoms with van der Waals surface area (Å²) < 4.78 is 23.8. The molecule has 1 rings (SSSR count). The zero-order valence-corrected chi connectivity index (χ0v) is 6.71. The first kappa shape index (κ1) is 11.6. The second-order valence-electron chi connectivity index (χ2n) is 2.35. The summed E-state index contributed by atoms with van der Waals surface area (Å²) in [5.74, 6) is 0. The number of nitroso groups, excluding NO2 is 1. The molecule has 1 aromatic rings. The largest absolute Gasteiger partial charge is 0.870 e. The summed E-state index contributed by atoms with van der Waals surface area (Å²) in [6.07, 6.45) is -2.80. The minimum atomic E-state index is -2.42. The molecular formula is C8H9F2NO2. The number of para-hydroxylation sites is 1. The van der Waals surface area contributed by atoms with Crippen molar-refractivity contribution < 1.29 is 19.4 Å². The van der Waals surface area contributed by atoms with E-state index in [1.807, 2.05) is 0 Å². The molecule has 0 saturated carbocycles. The molecule has 0 radical (unpaired) electrons. The summed E-state index contributed by atoms with van der Waals surface area (Å²) in [5.41, 5.74) is 0.570. The Bertz CT molecular complexity index is 279. The Balaban J connectivity index is 0.00000144. The van der Waals surface area contributed by atoms with Crippen LogP contribution in [-0.2, 0) is 6.42 Å². The molecule has 0 unspecified atom stereocenters. The molecule has 0 fully saturated rings. The number of alkyl halides is 2. The van der Waals surface area contributed by atoms with Crippen molar-refractivity contribution in [2.75, 3.05) is 0 Å². The van der Waals surface area contributed by atoms with E-state index in [-0.39, 0.29) is 17.6 Å². The van der Waals surface area contributed by atoms with Crippen molar-refractivity contribution >= 4 is 5.69 Å². The van der Waals surface area contributed by atoms with Crippen molar-refractivity contribution in [1.82, 2.24) is 0 Å². The molecule has 0 spiro atoms. The topological polar surface area (TPSA) is 61.0 Å². The van der Waals surface area contributed by atoms with Gasteiger partial charge in [0.15, 0.2) is 0 Å². The first-order valence-electron chi connectivity index (χ1n) is 3.48. The molecule has 0 aliphatic heterocycles. The van der Waals surface area contributed by atoms with Gasteiger partial charge >= 0.3 is 0 Å². The van der Waals surface area contributed by atoms with Gasteiger partial charge in [-0.05, 0) is 0 Å². The predicted molar refractivity (Wildman–Crippen MR) is 42.1 cm³/mol. The number of rotatable bonds is 3. The number of halogens is 2. The maximum atomic E-state index is 11.9. The molecule has 0 bridgehead atoms. The highest BCUT2D eigenvalue weighted by atomic mass is 19.3. The Labute approximate surface area is 73.7 Å². The van der Waals surface area contributed by atoms with Crippen molar-refractivity contribution in [3.05, 3.63) is 34.7 Å². The zero-order chi connectivity index (χ0) is 8.97. The van der Waals surface area contributed by atoms with Gasteiger partial charge in [0, 0.05) is 28.1 Å². The van der Waals surface area contributed by atoms with Crippen LogP contribution in [0, 0.1) is 4.91 Å². The van der Waals surface area contributed by atoms with E-state index in [2.05, 4.69) is 0 Å². The minimum Gasteiger partial charge on any atom is -0.870 e. The van der Waals surface area contributed by atoms with Crippen molar-refractivity contribution in [3.8, 4) is 0 Å². The molecule has 5 heteroatoms. The van der Waals surface area contributed by atoms with Crippen LogP contribution in [-0.4, -0.2) is 11.9 Å². The van der Waals surface area contributed by atoms with Crippen LogP contribution in [0.5, 0.6) is 0 Å². The standard InChI is InChI=1S/C8H7F2NO.H2O/c9-8(10)5-6-3-1-2-4-7(6)11-12;/h1-4,8H,5H2;1H2. The van der Waals surface area contributed by atoms with E-state index in [1.54, 1.807) is 17.3 Å². The fourth-order valence-corrected chi connectivity index (χ4v) is 0.964. The summed E-state index contributed by atoms with van der Waals surface area (Å²) in [7, 11) is 0. The number of hydrogen-bond acceptors (Lipinski definition) is 2. The van der Waals surface area contributed by atoms with Gasteiger partial charge in [-0.1, -0.05) is 18.2 Å². The van der Waals surface area contributed by atoms with Gasteiger partial charge < -0.3 is 5.48 Å². The average Bonchev–Trinajstić information content (AvgIpc) is 2.04. The van der Waals surface area contributed by atoms with E-state index in [9.17, 15) is 13.7 Å². The number of benzene rings is 1. The molecule has 2 N–H and O–H groups in total. The van der Waals surface area contributed by atoms with Crippen LogP contribution in [0.4, 0.5) is 14.5 Å². The summed E-state index contributed by atoms with van der Waals surface area (Å²) in [6, 6.07) is 6.23. The lowest BCUT2D eigenvalue weighted by atomic mass is 10.1. The maximum absolute atomic E-state index is 11.9. The summed E-state index contributed by atoms with van der Waals surface area (Å²) in [6.45, 7) is 0. The molecule has 3 nitrogen and oxygen atoms in total. The molecule has 72 valence electrons. The van der Waals surface area contributed by atoms with Gasteiger partial charge in [0.25, 0.3) is 5.69 Å². The lowest BCUT2D eigenvalue weighted by Crippen LogP contribution is -2.56. The van der Waals surface area contributed by atoms with E-state index in [4.69, 9.17) is 0 Å². The van der Waals surface area contributed by atoms with Crippen molar-refractivity contribution in [1.29, 1.82) is 0 Å². The van der Waals surface area contributed by atoms with Gasteiger partial charge in [-0.25, -0.2) is 8.78 Å². The molecule has 0 amide bonds. The van der Waals surface area contributed by atoms with Crippen molar-refractivity contribution in [3.63, 3.8) is 0 Å². The van der Waals surface area contributed by atoms with Crippen LogP contribution in [0.15, 0.2) is 24.3 Å². The monoisotopic (exact) mass is 189 g/mol. The van der Waals surface area contributed by atoms with Crippen LogP contribution in [0.2, 0.25) is 0 Å². The van der Waals surface area contributed by atoms with Crippen molar-refractivity contribution in [2.45, 2.75) is 12.8 Å². The smallest absolute Gasteiger partial charge is 0.256 e. The highest BCUT2D eigenvalue weighted by molar-refractivity contribution is 5.38. The first-order chi connectivity index (χ1) is 5.74. The molecule has 0 atom stereocenters. The van der Waals surface area contributed by atoms with E-state index >= 15 is 0 Å². The third-order valence-corrected chi connectivity index (χ3v) is 1.50. The lowest BCUT2D eigenvalue weighted by molar-refractivity contribution is -0.380. The van der Waals surface area contributed by atoms with Gasteiger partial charge in [-0.2, -0.15) is 0 Å². The second kappa shape index (κ2) is 5.31. The first-order valence-corrected chi connectivity index (χ1v) is 3.48.